The summed E-state index contributed by atoms with van der Waals surface area (Å²) < 4.78 is 6.21. The highest BCUT2D eigenvalue weighted by Crippen LogP contribution is 2.77. The fraction of sp³-hybridized carbons (Fsp3) is 0.792. The van der Waals surface area contributed by atoms with Gasteiger partial charge in [0.1, 0.15) is 6.10 Å². The summed E-state index contributed by atoms with van der Waals surface area (Å²) in [5.74, 6) is 0.621. The molecule has 8 heteroatoms. The third-order valence-electron chi connectivity index (χ3n) is 17.4. The lowest BCUT2D eigenvalue weighted by Crippen LogP contribution is -2.65. The average molecular weight is 774 g/mol. The summed E-state index contributed by atoms with van der Waals surface area (Å²) in [5.41, 5.74) is 2.86. The van der Waals surface area contributed by atoms with Crippen molar-refractivity contribution in [2.75, 3.05) is 33.7 Å². The second kappa shape index (κ2) is 15.2. The van der Waals surface area contributed by atoms with Crippen molar-refractivity contribution in [3.63, 3.8) is 0 Å². The van der Waals surface area contributed by atoms with Gasteiger partial charge >= 0.3 is 11.9 Å². The van der Waals surface area contributed by atoms with Crippen LogP contribution in [0.2, 0.25) is 0 Å². The summed E-state index contributed by atoms with van der Waals surface area (Å²) >= 11 is 0. The molecule has 4 saturated carbocycles. The number of pyridine rings is 1. The smallest absolute Gasteiger partial charge is 0.309 e. The minimum Gasteiger partial charge on any atom is -0.481 e. The SMILES string of the molecule is CC(C)C1=C2[C@H]3CC[C@H]4C(C)(CC[C@H]5C(C)(C)[C@@H](OC(=O)CC(C)(C)C(=O)O)CC[C@@]54C)[C@]3(C)CC[C@@]2(CCN(CCN(C)C)[C@H](C)c2cccnc2)CC1=O. The monoisotopic (exact) mass is 774 g/mol. The minimum absolute atomic E-state index is 0.0741. The van der Waals surface area contributed by atoms with Crippen LogP contribution in [-0.2, 0) is 19.1 Å². The Balaban J connectivity index is 1.27. The van der Waals surface area contributed by atoms with Crippen molar-refractivity contribution < 1.29 is 24.2 Å². The van der Waals surface area contributed by atoms with Crippen molar-refractivity contribution in [2.45, 2.75) is 152 Å². The van der Waals surface area contributed by atoms with Crippen molar-refractivity contribution in [3.05, 3.63) is 41.2 Å². The Labute approximate surface area is 339 Å². The van der Waals surface area contributed by atoms with Gasteiger partial charge in [-0.05, 0) is 156 Å². The summed E-state index contributed by atoms with van der Waals surface area (Å²) in [6, 6.07) is 4.48. The molecule has 0 spiro atoms. The zero-order valence-electron chi connectivity index (χ0n) is 37.1. The maximum atomic E-state index is 14.3. The lowest BCUT2D eigenvalue weighted by atomic mass is 9.33. The van der Waals surface area contributed by atoms with Gasteiger partial charge in [0.25, 0.3) is 0 Å². The molecule has 0 amide bonds. The van der Waals surface area contributed by atoms with Gasteiger partial charge in [-0.1, -0.05) is 60.1 Å². The molecule has 0 aromatic carbocycles. The zero-order valence-corrected chi connectivity index (χ0v) is 37.1. The van der Waals surface area contributed by atoms with E-state index in [0.29, 0.717) is 30.0 Å². The topological polar surface area (TPSA) is 100 Å². The van der Waals surface area contributed by atoms with Crippen LogP contribution in [0, 0.1) is 56.2 Å². The molecule has 0 aliphatic heterocycles. The second-order valence-corrected chi connectivity index (χ2v) is 21.7. The van der Waals surface area contributed by atoms with E-state index in [0.717, 1.165) is 76.6 Å². The number of ether oxygens (including phenoxy) is 1. The summed E-state index contributed by atoms with van der Waals surface area (Å²) in [6.07, 6.45) is 13.8. The number of ketones is 1. The Morgan fingerprint density at radius 1 is 0.929 bits per heavy atom. The number of rotatable bonds is 13. The fourth-order valence-electron chi connectivity index (χ4n) is 13.9. The molecule has 8 nitrogen and oxygen atoms in total. The van der Waals surface area contributed by atoms with E-state index in [-0.39, 0.29) is 51.6 Å². The van der Waals surface area contributed by atoms with Crippen molar-refractivity contribution in [1.29, 1.82) is 0 Å². The molecule has 6 rings (SSSR count). The van der Waals surface area contributed by atoms with Crippen LogP contribution in [0.15, 0.2) is 35.7 Å². The maximum Gasteiger partial charge on any atom is 0.309 e. The first-order valence-electron chi connectivity index (χ1n) is 22.0. The van der Waals surface area contributed by atoms with Crippen molar-refractivity contribution in [1.82, 2.24) is 14.8 Å². The van der Waals surface area contributed by atoms with Crippen LogP contribution in [0.25, 0.3) is 0 Å². The number of carboxylic acid groups (broad SMARTS) is 1. The van der Waals surface area contributed by atoms with Gasteiger partial charge in [0.15, 0.2) is 5.78 Å². The van der Waals surface area contributed by atoms with Crippen LogP contribution in [0.5, 0.6) is 0 Å². The average Bonchev–Trinajstić information content (AvgIpc) is 3.41. The first-order valence-corrected chi connectivity index (χ1v) is 22.0. The van der Waals surface area contributed by atoms with Crippen molar-refractivity contribution in [3.8, 4) is 0 Å². The normalized spacial score (nSPS) is 35.9. The van der Waals surface area contributed by atoms with E-state index in [2.05, 4.69) is 90.3 Å². The number of fused-ring (bicyclic) bond motifs is 7. The van der Waals surface area contributed by atoms with Crippen molar-refractivity contribution in [2.24, 2.45) is 56.2 Å². The maximum absolute atomic E-state index is 14.3. The summed E-state index contributed by atoms with van der Waals surface area (Å²) in [5, 5.41) is 9.65. The number of carboxylic acids is 1. The Kier molecular flexibility index (Phi) is 11.7. The molecule has 0 radical (unpaired) electrons. The lowest BCUT2D eigenvalue weighted by molar-refractivity contribution is -0.233. The Morgan fingerprint density at radius 2 is 1.64 bits per heavy atom. The number of allylic oxidation sites excluding steroid dienone is 2. The number of hydrogen-bond donors (Lipinski definition) is 1. The number of carbonyl (C=O) groups is 3. The van der Waals surface area contributed by atoms with Crippen LogP contribution < -0.4 is 0 Å². The van der Waals surface area contributed by atoms with E-state index in [9.17, 15) is 19.5 Å². The molecular formula is C48H75N3O5. The molecule has 4 fully saturated rings. The summed E-state index contributed by atoms with van der Waals surface area (Å²) in [6.45, 7) is 25.4. The standard InChI is InChI=1S/C48H75N3O5/c1-31(2)40-35(52)28-48(23-25-51(27-26-50(11)12)32(3)33-14-13-24-49-30-33)22-21-46(9)34(41(40)48)15-16-37-45(8)19-18-38(56-39(53)29-43(4,5)42(54)55)44(6,7)36(45)17-20-47(37,46)10/h13-14,24,30-32,34,36-38H,15-23,25-29H2,1-12H3,(H,54,55)/t32-,34-,36+,37-,38+,45+,46-,47?,48-/m1/s1. The lowest BCUT2D eigenvalue weighted by Gasteiger charge is -2.72. The number of carbonyl (C=O) groups excluding carboxylic acids is 2. The Morgan fingerprint density at radius 3 is 2.27 bits per heavy atom. The van der Waals surface area contributed by atoms with Crippen LogP contribution in [0.3, 0.4) is 0 Å². The van der Waals surface area contributed by atoms with E-state index in [1.807, 2.05) is 18.5 Å². The molecule has 5 aliphatic rings. The zero-order chi connectivity index (χ0) is 41.2. The molecule has 56 heavy (non-hydrogen) atoms. The molecule has 0 saturated heterocycles. The van der Waals surface area contributed by atoms with Gasteiger partial charge in [0.2, 0.25) is 0 Å². The van der Waals surface area contributed by atoms with Crippen molar-refractivity contribution >= 4 is 17.7 Å². The Hall–Kier alpha value is -2.58. The Bertz CT molecular complexity index is 1680. The fourth-order valence-corrected chi connectivity index (χ4v) is 13.9. The van der Waals surface area contributed by atoms with E-state index >= 15 is 0 Å². The van der Waals surface area contributed by atoms with Crippen LogP contribution >= 0.6 is 0 Å². The molecule has 0 bridgehead atoms. The van der Waals surface area contributed by atoms with Gasteiger partial charge in [-0.2, -0.15) is 0 Å². The van der Waals surface area contributed by atoms with E-state index in [1.54, 1.807) is 19.4 Å². The number of hydrogen-bond acceptors (Lipinski definition) is 7. The quantitative estimate of drug-likeness (QED) is 0.198. The molecule has 1 aromatic rings. The molecule has 1 aromatic heterocycles. The van der Waals surface area contributed by atoms with Gasteiger partial charge in [0, 0.05) is 48.8 Å². The third kappa shape index (κ3) is 7.13. The van der Waals surface area contributed by atoms with Crippen LogP contribution in [-0.4, -0.2) is 77.4 Å². The summed E-state index contributed by atoms with van der Waals surface area (Å²) in [7, 11) is 4.30. The first-order chi connectivity index (χ1) is 26.0. The largest absolute Gasteiger partial charge is 0.481 e. The molecular weight excluding hydrogens is 699 g/mol. The molecule has 312 valence electrons. The first kappa shape index (κ1) is 43.0. The molecule has 1 unspecified atom stereocenters. The number of likely N-dealkylation sites (N-methyl/N-ethyl adjacent to an activating group) is 1. The minimum atomic E-state index is -1.15. The highest BCUT2D eigenvalue weighted by Gasteiger charge is 2.70. The number of esters is 1. The van der Waals surface area contributed by atoms with Gasteiger partial charge in [-0.25, -0.2) is 0 Å². The molecule has 5 aliphatic carbocycles. The number of aromatic nitrogens is 1. The predicted molar refractivity (Wildman–Crippen MR) is 223 cm³/mol. The summed E-state index contributed by atoms with van der Waals surface area (Å²) in [4.78, 5) is 48.6. The number of Topliss-reactive ketones (excluding diaryl/α,β-unsaturated/α-hetero) is 1. The van der Waals surface area contributed by atoms with Crippen LogP contribution in [0.1, 0.15) is 151 Å². The van der Waals surface area contributed by atoms with Gasteiger partial charge in [-0.15, -0.1) is 0 Å². The molecule has 1 N–H and O–H groups in total. The number of aliphatic carboxylic acids is 1. The van der Waals surface area contributed by atoms with E-state index in [4.69, 9.17) is 4.74 Å². The van der Waals surface area contributed by atoms with Gasteiger partial charge < -0.3 is 14.7 Å². The van der Waals surface area contributed by atoms with Gasteiger partial charge in [-0.3, -0.25) is 24.3 Å². The van der Waals surface area contributed by atoms with Gasteiger partial charge in [0.05, 0.1) is 11.8 Å². The second-order valence-electron chi connectivity index (χ2n) is 21.7. The molecule has 9 atom stereocenters. The highest BCUT2D eigenvalue weighted by atomic mass is 16.5. The van der Waals surface area contributed by atoms with E-state index < -0.39 is 17.4 Å². The van der Waals surface area contributed by atoms with Crippen LogP contribution in [0.4, 0.5) is 0 Å². The third-order valence-corrected chi connectivity index (χ3v) is 17.4. The number of nitrogens with zero attached hydrogens (tertiary/aromatic N) is 3. The predicted octanol–water partition coefficient (Wildman–Crippen LogP) is 9.79. The highest BCUT2D eigenvalue weighted by molar-refractivity contribution is 6.00. The van der Waals surface area contributed by atoms with E-state index in [1.165, 1.54) is 12.0 Å². The molecule has 1 heterocycles.